The molecule has 1 unspecified atom stereocenters. The molecule has 0 aliphatic rings. The molecule has 0 spiro atoms. The Morgan fingerprint density at radius 2 is 1.90 bits per heavy atom. The summed E-state index contributed by atoms with van der Waals surface area (Å²) in [6, 6.07) is 15.0. The minimum absolute atomic E-state index is 0.535. The number of benzene rings is 2. The van der Waals surface area contributed by atoms with Crippen molar-refractivity contribution < 1.29 is 8.95 Å². The number of rotatable bonds is 6. The molecule has 0 heterocycles. The fourth-order valence-electron chi connectivity index (χ4n) is 1.71. The maximum Gasteiger partial charge on any atom is 0.119 e. The van der Waals surface area contributed by atoms with E-state index in [2.05, 4.69) is 15.9 Å². The van der Waals surface area contributed by atoms with Gasteiger partial charge in [-0.2, -0.15) is 0 Å². The van der Waals surface area contributed by atoms with Gasteiger partial charge in [0.2, 0.25) is 0 Å². The summed E-state index contributed by atoms with van der Waals surface area (Å²) in [5.41, 5.74) is 6.41. The van der Waals surface area contributed by atoms with Crippen molar-refractivity contribution in [2.24, 2.45) is 0 Å². The second-order valence-corrected chi connectivity index (χ2v) is 6.70. The number of nitrogen functional groups attached to an aromatic ring is 1. The minimum Gasteiger partial charge on any atom is -0.494 e. The molecule has 0 amide bonds. The predicted octanol–water partition coefficient (Wildman–Crippen LogP) is 3.61. The summed E-state index contributed by atoms with van der Waals surface area (Å²) < 4.78 is 18.6. The smallest absolute Gasteiger partial charge is 0.119 e. The molecule has 0 aliphatic carbocycles. The summed E-state index contributed by atoms with van der Waals surface area (Å²) in [7, 11) is -1.10. The van der Waals surface area contributed by atoms with Gasteiger partial charge in [-0.05, 0) is 36.8 Å². The van der Waals surface area contributed by atoms with E-state index in [1.54, 1.807) is 6.07 Å². The number of nitrogens with two attached hydrogens (primary N) is 1. The molecule has 0 bridgehead atoms. The van der Waals surface area contributed by atoms with Crippen LogP contribution in [0.4, 0.5) is 5.69 Å². The number of ether oxygens (including phenoxy) is 1. The Balaban J connectivity index is 1.82. The topological polar surface area (TPSA) is 52.3 Å². The van der Waals surface area contributed by atoms with E-state index in [-0.39, 0.29) is 0 Å². The molecular formula is C15H16BrNO2S. The summed E-state index contributed by atoms with van der Waals surface area (Å²) in [6.07, 6.45) is 0.716. The third kappa shape index (κ3) is 4.35. The largest absolute Gasteiger partial charge is 0.494 e. The Bertz CT molecular complexity index is 590. The summed E-state index contributed by atoms with van der Waals surface area (Å²) in [6.45, 7) is 0.545. The van der Waals surface area contributed by atoms with E-state index in [0.29, 0.717) is 29.4 Å². The zero-order chi connectivity index (χ0) is 14.4. The average Bonchev–Trinajstić information content (AvgIpc) is 2.47. The summed E-state index contributed by atoms with van der Waals surface area (Å²) in [5.74, 6) is 1.37. The van der Waals surface area contributed by atoms with E-state index in [1.165, 1.54) is 0 Å². The molecule has 2 rings (SSSR count). The highest BCUT2D eigenvalue weighted by Gasteiger charge is 2.08. The van der Waals surface area contributed by atoms with Crippen molar-refractivity contribution >= 4 is 32.4 Å². The molecule has 0 fully saturated rings. The van der Waals surface area contributed by atoms with E-state index in [4.69, 9.17) is 10.5 Å². The number of halogens is 1. The first kappa shape index (κ1) is 15.1. The summed E-state index contributed by atoms with van der Waals surface area (Å²) in [5, 5.41) is 0. The van der Waals surface area contributed by atoms with Gasteiger partial charge in [-0.15, -0.1) is 0 Å². The highest BCUT2D eigenvalue weighted by Crippen LogP contribution is 2.22. The molecule has 2 aromatic carbocycles. The van der Waals surface area contributed by atoms with E-state index in [1.807, 2.05) is 42.5 Å². The summed E-state index contributed by atoms with van der Waals surface area (Å²) in [4.78, 5) is 0.680. The van der Waals surface area contributed by atoms with Crippen molar-refractivity contribution in [2.75, 3.05) is 18.1 Å². The van der Waals surface area contributed by atoms with Gasteiger partial charge in [-0.25, -0.2) is 0 Å². The van der Waals surface area contributed by atoms with Crippen LogP contribution in [0, 0.1) is 0 Å². The molecule has 106 valence electrons. The fraction of sp³-hybridized carbons (Fsp3) is 0.200. The lowest BCUT2D eigenvalue weighted by Gasteiger charge is -2.08. The van der Waals surface area contributed by atoms with E-state index >= 15 is 0 Å². The van der Waals surface area contributed by atoms with Crippen molar-refractivity contribution in [3.8, 4) is 5.75 Å². The van der Waals surface area contributed by atoms with Crippen molar-refractivity contribution in [2.45, 2.75) is 11.3 Å². The molecule has 0 saturated carbocycles. The quantitative estimate of drug-likeness (QED) is 0.637. The SMILES string of the molecule is Nc1ccc(Br)cc1S(=O)CCCOc1ccccc1. The van der Waals surface area contributed by atoms with Gasteiger partial charge in [0.15, 0.2) is 0 Å². The molecule has 2 aromatic rings. The van der Waals surface area contributed by atoms with Gasteiger partial charge in [0, 0.05) is 15.9 Å². The Labute approximate surface area is 129 Å². The number of para-hydroxylation sites is 1. The molecular weight excluding hydrogens is 338 g/mol. The van der Waals surface area contributed by atoms with Crippen molar-refractivity contribution in [1.29, 1.82) is 0 Å². The van der Waals surface area contributed by atoms with Crippen LogP contribution in [-0.4, -0.2) is 16.6 Å². The Morgan fingerprint density at radius 3 is 2.65 bits per heavy atom. The van der Waals surface area contributed by atoms with Crippen molar-refractivity contribution in [3.05, 3.63) is 53.0 Å². The Kier molecular flexibility index (Phi) is 5.61. The first-order chi connectivity index (χ1) is 9.66. The molecule has 20 heavy (non-hydrogen) atoms. The molecule has 1 atom stereocenters. The minimum atomic E-state index is -1.10. The van der Waals surface area contributed by atoms with Crippen LogP contribution >= 0.6 is 15.9 Å². The highest BCUT2D eigenvalue weighted by atomic mass is 79.9. The second kappa shape index (κ2) is 7.45. The number of hydrogen-bond donors (Lipinski definition) is 1. The van der Waals surface area contributed by atoms with Crippen LogP contribution in [0.15, 0.2) is 57.9 Å². The number of anilines is 1. The Morgan fingerprint density at radius 1 is 1.15 bits per heavy atom. The third-order valence-electron chi connectivity index (χ3n) is 2.71. The van der Waals surface area contributed by atoms with Crippen molar-refractivity contribution in [1.82, 2.24) is 0 Å². The van der Waals surface area contributed by atoms with Crippen LogP contribution in [0.3, 0.4) is 0 Å². The lowest BCUT2D eigenvalue weighted by atomic mass is 10.3. The lowest BCUT2D eigenvalue weighted by Crippen LogP contribution is -2.06. The first-order valence-corrected chi connectivity index (χ1v) is 8.39. The van der Waals surface area contributed by atoms with Crippen molar-refractivity contribution in [3.63, 3.8) is 0 Å². The van der Waals surface area contributed by atoms with E-state index < -0.39 is 10.8 Å². The maximum absolute atomic E-state index is 12.2. The van der Waals surface area contributed by atoms with Gasteiger partial charge in [-0.3, -0.25) is 4.21 Å². The van der Waals surface area contributed by atoms with Gasteiger partial charge in [-0.1, -0.05) is 34.1 Å². The molecule has 3 nitrogen and oxygen atoms in total. The molecule has 0 saturated heterocycles. The zero-order valence-electron chi connectivity index (χ0n) is 10.9. The fourth-order valence-corrected chi connectivity index (χ4v) is 3.41. The van der Waals surface area contributed by atoms with Gasteiger partial charge in [0.05, 0.1) is 22.3 Å². The van der Waals surface area contributed by atoms with Gasteiger partial charge in [0.1, 0.15) is 5.75 Å². The van der Waals surface area contributed by atoms with Crippen LogP contribution in [0.1, 0.15) is 6.42 Å². The third-order valence-corrected chi connectivity index (χ3v) is 4.70. The van der Waals surface area contributed by atoms with Gasteiger partial charge >= 0.3 is 0 Å². The molecule has 0 aliphatic heterocycles. The van der Waals surface area contributed by atoms with E-state index in [9.17, 15) is 4.21 Å². The van der Waals surface area contributed by atoms with Crippen LogP contribution in [-0.2, 0) is 10.8 Å². The standard InChI is InChI=1S/C15H16BrNO2S/c16-12-7-8-14(17)15(11-12)20(18)10-4-9-19-13-5-2-1-3-6-13/h1-3,5-8,11H,4,9-10,17H2. The second-order valence-electron chi connectivity index (χ2n) is 4.25. The average molecular weight is 354 g/mol. The van der Waals surface area contributed by atoms with Gasteiger partial charge < -0.3 is 10.5 Å². The van der Waals surface area contributed by atoms with Crippen LogP contribution in [0.5, 0.6) is 5.75 Å². The summed E-state index contributed by atoms with van der Waals surface area (Å²) >= 11 is 3.36. The number of hydrogen-bond acceptors (Lipinski definition) is 3. The molecule has 0 aromatic heterocycles. The van der Waals surface area contributed by atoms with Gasteiger partial charge in [0.25, 0.3) is 0 Å². The predicted molar refractivity (Wildman–Crippen MR) is 86.4 cm³/mol. The highest BCUT2D eigenvalue weighted by molar-refractivity contribution is 9.10. The zero-order valence-corrected chi connectivity index (χ0v) is 13.3. The first-order valence-electron chi connectivity index (χ1n) is 6.28. The molecule has 2 N–H and O–H groups in total. The molecule has 0 radical (unpaired) electrons. The monoisotopic (exact) mass is 353 g/mol. The normalized spacial score (nSPS) is 12.1. The molecule has 5 heteroatoms. The maximum atomic E-state index is 12.2. The Hall–Kier alpha value is -1.33. The van der Waals surface area contributed by atoms with Crippen LogP contribution in [0.25, 0.3) is 0 Å². The van der Waals surface area contributed by atoms with Crippen LogP contribution < -0.4 is 10.5 Å². The van der Waals surface area contributed by atoms with E-state index in [0.717, 1.165) is 10.2 Å². The van der Waals surface area contributed by atoms with Crippen LogP contribution in [0.2, 0.25) is 0 Å². The lowest BCUT2D eigenvalue weighted by molar-refractivity contribution is 0.318.